The third kappa shape index (κ3) is 3.39. The summed E-state index contributed by atoms with van der Waals surface area (Å²) < 4.78 is 14.7. The Labute approximate surface area is 150 Å². The van der Waals surface area contributed by atoms with Crippen molar-refractivity contribution in [2.75, 3.05) is 6.54 Å². The van der Waals surface area contributed by atoms with Crippen molar-refractivity contribution >= 4 is 21.8 Å². The fraction of sp³-hybridized carbons (Fsp3) is 0.350. The maximum atomic E-state index is 14.0. The van der Waals surface area contributed by atoms with Gasteiger partial charge in [-0.15, -0.1) is 0 Å². The van der Waals surface area contributed by atoms with E-state index in [0.29, 0.717) is 23.1 Å². The SMILES string of the molecule is CC(C)(C)c1ccc2c(c1)CCN(Cc1ccc(Br)cc1F)C2=O. The third-order valence-electron chi connectivity index (χ3n) is 4.52. The zero-order valence-corrected chi connectivity index (χ0v) is 15.8. The van der Waals surface area contributed by atoms with Gasteiger partial charge in [-0.25, -0.2) is 4.39 Å². The van der Waals surface area contributed by atoms with Crippen LogP contribution in [0.25, 0.3) is 0 Å². The van der Waals surface area contributed by atoms with Crippen molar-refractivity contribution in [3.63, 3.8) is 0 Å². The van der Waals surface area contributed by atoms with Gasteiger partial charge in [0.2, 0.25) is 0 Å². The maximum absolute atomic E-state index is 14.0. The lowest BCUT2D eigenvalue weighted by Crippen LogP contribution is -2.37. The Hall–Kier alpha value is -1.68. The highest BCUT2D eigenvalue weighted by Gasteiger charge is 2.26. The highest BCUT2D eigenvalue weighted by molar-refractivity contribution is 9.10. The van der Waals surface area contributed by atoms with Crippen LogP contribution in [0.4, 0.5) is 4.39 Å². The molecular weight excluding hydrogens is 369 g/mol. The van der Waals surface area contributed by atoms with Crippen LogP contribution >= 0.6 is 15.9 Å². The molecule has 0 bridgehead atoms. The summed E-state index contributed by atoms with van der Waals surface area (Å²) in [4.78, 5) is 14.5. The standard InChI is InChI=1S/C20H21BrFNO/c1-20(2,3)15-5-7-17-13(10-15)8-9-23(19(17)24)12-14-4-6-16(21)11-18(14)22/h4-7,10-11H,8-9,12H2,1-3H3. The van der Waals surface area contributed by atoms with Gasteiger partial charge < -0.3 is 4.90 Å². The Morgan fingerprint density at radius 1 is 1.17 bits per heavy atom. The van der Waals surface area contributed by atoms with Gasteiger partial charge in [-0.2, -0.15) is 0 Å². The minimum Gasteiger partial charge on any atom is -0.334 e. The van der Waals surface area contributed by atoms with Crippen molar-refractivity contribution in [2.24, 2.45) is 0 Å². The third-order valence-corrected chi connectivity index (χ3v) is 5.01. The quantitative estimate of drug-likeness (QED) is 0.700. The molecule has 0 saturated heterocycles. The van der Waals surface area contributed by atoms with Gasteiger partial charge in [-0.1, -0.05) is 54.9 Å². The molecule has 1 aliphatic heterocycles. The minimum absolute atomic E-state index is 0.0148. The molecule has 126 valence electrons. The number of rotatable bonds is 2. The lowest BCUT2D eigenvalue weighted by atomic mass is 9.84. The Bertz CT molecular complexity index is 795. The topological polar surface area (TPSA) is 20.3 Å². The summed E-state index contributed by atoms with van der Waals surface area (Å²) in [6.07, 6.45) is 0.809. The summed E-state index contributed by atoms with van der Waals surface area (Å²) in [5.74, 6) is -0.301. The Morgan fingerprint density at radius 3 is 2.58 bits per heavy atom. The Kier molecular flexibility index (Phi) is 4.52. The van der Waals surface area contributed by atoms with Gasteiger partial charge in [0, 0.05) is 28.7 Å². The van der Waals surface area contributed by atoms with E-state index in [1.54, 1.807) is 17.0 Å². The summed E-state index contributed by atoms with van der Waals surface area (Å²) in [5.41, 5.74) is 3.69. The van der Waals surface area contributed by atoms with E-state index in [4.69, 9.17) is 0 Å². The van der Waals surface area contributed by atoms with Gasteiger partial charge in [0.1, 0.15) is 5.82 Å². The summed E-state index contributed by atoms with van der Waals surface area (Å²) in [7, 11) is 0. The molecule has 0 unspecified atom stereocenters. The van der Waals surface area contributed by atoms with E-state index >= 15 is 0 Å². The molecule has 0 spiro atoms. The average molecular weight is 390 g/mol. The molecule has 0 saturated carbocycles. The van der Waals surface area contributed by atoms with E-state index in [9.17, 15) is 9.18 Å². The van der Waals surface area contributed by atoms with Crippen LogP contribution in [-0.2, 0) is 18.4 Å². The molecule has 4 heteroatoms. The molecule has 3 rings (SSSR count). The van der Waals surface area contributed by atoms with Gasteiger partial charge in [-0.3, -0.25) is 4.79 Å². The van der Waals surface area contributed by atoms with E-state index < -0.39 is 0 Å². The molecule has 0 aliphatic carbocycles. The molecule has 24 heavy (non-hydrogen) atoms. The molecule has 0 fully saturated rings. The normalized spacial score (nSPS) is 14.7. The molecule has 2 nitrogen and oxygen atoms in total. The fourth-order valence-electron chi connectivity index (χ4n) is 3.01. The Morgan fingerprint density at radius 2 is 1.92 bits per heavy atom. The molecule has 0 radical (unpaired) electrons. The zero-order chi connectivity index (χ0) is 17.5. The first-order valence-corrected chi connectivity index (χ1v) is 8.91. The summed E-state index contributed by atoms with van der Waals surface area (Å²) in [5, 5.41) is 0. The molecule has 2 aromatic carbocycles. The largest absolute Gasteiger partial charge is 0.334 e. The van der Waals surface area contributed by atoms with Gasteiger partial charge in [-0.05, 0) is 41.2 Å². The van der Waals surface area contributed by atoms with E-state index in [1.807, 2.05) is 12.1 Å². The molecule has 2 aromatic rings. The van der Waals surface area contributed by atoms with Gasteiger partial charge in [0.15, 0.2) is 0 Å². The van der Waals surface area contributed by atoms with E-state index in [1.165, 1.54) is 11.6 Å². The zero-order valence-electron chi connectivity index (χ0n) is 14.2. The van der Waals surface area contributed by atoms with Crippen molar-refractivity contribution < 1.29 is 9.18 Å². The van der Waals surface area contributed by atoms with Crippen LogP contribution in [0.15, 0.2) is 40.9 Å². The van der Waals surface area contributed by atoms with Crippen molar-refractivity contribution in [1.29, 1.82) is 0 Å². The van der Waals surface area contributed by atoms with Gasteiger partial charge in [0.25, 0.3) is 5.91 Å². The number of carbonyl (C=O) groups excluding carboxylic acids is 1. The number of hydrogen-bond acceptors (Lipinski definition) is 1. The number of halogens is 2. The lowest BCUT2D eigenvalue weighted by molar-refractivity contribution is 0.0725. The average Bonchev–Trinajstić information content (AvgIpc) is 2.51. The van der Waals surface area contributed by atoms with Crippen LogP contribution in [0, 0.1) is 5.82 Å². The molecule has 0 atom stereocenters. The number of nitrogens with zero attached hydrogens (tertiary/aromatic N) is 1. The highest BCUT2D eigenvalue weighted by atomic mass is 79.9. The first kappa shape index (κ1) is 17.2. The van der Waals surface area contributed by atoms with Crippen LogP contribution in [-0.4, -0.2) is 17.4 Å². The Balaban J connectivity index is 1.85. The molecule has 0 aromatic heterocycles. The summed E-state index contributed by atoms with van der Waals surface area (Å²) in [6.45, 7) is 7.43. The number of hydrogen-bond donors (Lipinski definition) is 0. The van der Waals surface area contributed by atoms with Crippen molar-refractivity contribution in [2.45, 2.75) is 39.2 Å². The summed E-state index contributed by atoms with van der Waals surface area (Å²) >= 11 is 3.26. The molecule has 1 amide bonds. The van der Waals surface area contributed by atoms with Crippen LogP contribution < -0.4 is 0 Å². The first-order valence-electron chi connectivity index (χ1n) is 8.12. The van der Waals surface area contributed by atoms with Crippen LogP contribution in [0.5, 0.6) is 0 Å². The number of benzene rings is 2. The first-order chi connectivity index (χ1) is 11.3. The molecule has 0 N–H and O–H groups in total. The predicted octanol–water partition coefficient (Wildman–Crippen LogP) is 5.08. The molecule has 1 aliphatic rings. The van der Waals surface area contributed by atoms with Gasteiger partial charge in [0.05, 0.1) is 0 Å². The number of carbonyl (C=O) groups is 1. The second kappa shape index (κ2) is 6.32. The predicted molar refractivity (Wildman–Crippen MR) is 97.7 cm³/mol. The molecule has 1 heterocycles. The maximum Gasteiger partial charge on any atom is 0.254 e. The molecular formula is C20H21BrFNO. The van der Waals surface area contributed by atoms with E-state index in [0.717, 1.165) is 17.5 Å². The van der Waals surface area contributed by atoms with Crippen LogP contribution in [0.3, 0.4) is 0 Å². The van der Waals surface area contributed by atoms with Crippen molar-refractivity contribution in [3.05, 3.63) is 68.9 Å². The van der Waals surface area contributed by atoms with E-state index in [2.05, 4.69) is 42.8 Å². The summed E-state index contributed by atoms with van der Waals surface area (Å²) in [6, 6.07) is 11.1. The number of amides is 1. The van der Waals surface area contributed by atoms with Crippen molar-refractivity contribution in [1.82, 2.24) is 4.90 Å². The second-order valence-electron chi connectivity index (χ2n) is 7.33. The van der Waals surface area contributed by atoms with Gasteiger partial charge >= 0.3 is 0 Å². The fourth-order valence-corrected chi connectivity index (χ4v) is 3.34. The van der Waals surface area contributed by atoms with Crippen LogP contribution in [0.2, 0.25) is 0 Å². The number of fused-ring (bicyclic) bond motifs is 1. The smallest absolute Gasteiger partial charge is 0.254 e. The lowest BCUT2D eigenvalue weighted by Gasteiger charge is -2.30. The monoisotopic (exact) mass is 389 g/mol. The second-order valence-corrected chi connectivity index (χ2v) is 8.25. The van der Waals surface area contributed by atoms with Crippen molar-refractivity contribution in [3.8, 4) is 0 Å². The highest BCUT2D eigenvalue weighted by Crippen LogP contribution is 2.28. The van der Waals surface area contributed by atoms with E-state index in [-0.39, 0.29) is 17.1 Å². The van der Waals surface area contributed by atoms with Crippen LogP contribution in [0.1, 0.15) is 47.8 Å². The minimum atomic E-state index is -0.286.